The third kappa shape index (κ3) is 5.38. The Bertz CT molecular complexity index is 1070. The van der Waals surface area contributed by atoms with Crippen molar-refractivity contribution in [3.8, 4) is 5.75 Å². The molecule has 0 unspecified atom stereocenters. The fourth-order valence-corrected chi connectivity index (χ4v) is 4.41. The molecule has 0 saturated carbocycles. The van der Waals surface area contributed by atoms with Gasteiger partial charge >= 0.3 is 0 Å². The van der Waals surface area contributed by atoms with Gasteiger partial charge in [-0.3, -0.25) is 15.5 Å². The van der Waals surface area contributed by atoms with Crippen LogP contribution in [0, 0.1) is 13.8 Å². The summed E-state index contributed by atoms with van der Waals surface area (Å²) < 4.78 is 7.81. The number of halogens is 1. The van der Waals surface area contributed by atoms with Crippen molar-refractivity contribution in [2.24, 2.45) is 0 Å². The van der Waals surface area contributed by atoms with Crippen molar-refractivity contribution in [2.75, 3.05) is 12.5 Å². The van der Waals surface area contributed by atoms with E-state index in [0.717, 1.165) is 15.8 Å². The van der Waals surface area contributed by atoms with Crippen molar-refractivity contribution in [2.45, 2.75) is 24.8 Å². The summed E-state index contributed by atoms with van der Waals surface area (Å²) in [6.07, 6.45) is 0. The van der Waals surface area contributed by atoms with E-state index < -0.39 is 0 Å². The van der Waals surface area contributed by atoms with Crippen LogP contribution in [0.2, 0.25) is 0 Å². The highest BCUT2D eigenvalue weighted by molar-refractivity contribution is 9.10. The Balaban J connectivity index is 1.70. The molecule has 3 aromatic rings. The maximum atomic E-state index is 12.8. The van der Waals surface area contributed by atoms with Crippen LogP contribution >= 0.6 is 39.9 Å². The Morgan fingerprint density at radius 2 is 1.97 bits per heavy atom. The first-order valence-corrected chi connectivity index (χ1v) is 11.1. The molecule has 0 aliphatic rings. The summed E-state index contributed by atoms with van der Waals surface area (Å²) in [7, 11) is 1.53. The van der Waals surface area contributed by atoms with Gasteiger partial charge in [0.05, 0.1) is 12.7 Å². The third-order valence-electron chi connectivity index (χ3n) is 4.13. The molecule has 1 amide bonds. The molecule has 2 N–H and O–H groups in total. The Labute approximate surface area is 192 Å². The minimum Gasteiger partial charge on any atom is -0.496 e. The number of thioether (sulfide) groups is 1. The summed E-state index contributed by atoms with van der Waals surface area (Å²) in [5.74, 6) is 1.47. The van der Waals surface area contributed by atoms with Gasteiger partial charge in [-0.25, -0.2) is 4.68 Å². The van der Waals surface area contributed by atoms with Crippen LogP contribution in [0.25, 0.3) is 0 Å². The number of carbonyl (C=O) groups excluding carboxylic acids is 1. The summed E-state index contributed by atoms with van der Waals surface area (Å²) in [4.78, 5) is 12.8. The van der Waals surface area contributed by atoms with Gasteiger partial charge in [-0.1, -0.05) is 58.0 Å². The van der Waals surface area contributed by atoms with E-state index in [-0.39, 0.29) is 11.0 Å². The fraction of sp³-hybridized carbons (Fsp3) is 0.200. The largest absolute Gasteiger partial charge is 0.496 e. The average molecular weight is 506 g/mol. The van der Waals surface area contributed by atoms with Crippen molar-refractivity contribution in [1.82, 2.24) is 20.2 Å². The highest BCUT2D eigenvalue weighted by Gasteiger charge is 2.18. The van der Waals surface area contributed by atoms with Crippen molar-refractivity contribution >= 4 is 50.9 Å². The second-order valence-corrected chi connectivity index (χ2v) is 8.60. The standard InChI is InChI=1S/C20H20BrN5O2S2/c1-12-9-15(21)10-16(17(12)28-3)18(27)22-19(29)25-26-13(2)23-24-20(26)30-11-14-7-5-4-6-8-14/h4-10H,11H2,1-3H3,(H2,22,25,27,29). The van der Waals surface area contributed by atoms with Crippen LogP contribution in [0.4, 0.5) is 0 Å². The summed E-state index contributed by atoms with van der Waals surface area (Å²) in [5, 5.41) is 11.7. The molecule has 0 aliphatic carbocycles. The van der Waals surface area contributed by atoms with E-state index in [0.29, 0.717) is 22.3 Å². The Morgan fingerprint density at radius 3 is 2.67 bits per heavy atom. The topological polar surface area (TPSA) is 81.1 Å². The predicted octanol–water partition coefficient (Wildman–Crippen LogP) is 4.22. The molecule has 0 fully saturated rings. The lowest BCUT2D eigenvalue weighted by Gasteiger charge is -2.15. The number of methoxy groups -OCH3 is 1. The SMILES string of the molecule is COc1c(C)cc(Br)cc1C(=O)NC(=S)Nn1c(C)nnc1SCc1ccccc1. The van der Waals surface area contributed by atoms with Gasteiger partial charge in [-0.2, -0.15) is 0 Å². The van der Waals surface area contributed by atoms with Crippen molar-refractivity contribution in [3.05, 3.63) is 69.5 Å². The Hall–Kier alpha value is -2.43. The molecule has 2 aromatic carbocycles. The molecule has 30 heavy (non-hydrogen) atoms. The number of carbonyl (C=O) groups is 1. The molecular formula is C20H20BrN5O2S2. The molecule has 0 aliphatic heterocycles. The molecule has 1 aromatic heterocycles. The Kier molecular flexibility index (Phi) is 7.46. The normalized spacial score (nSPS) is 10.5. The number of rotatable bonds is 6. The smallest absolute Gasteiger partial charge is 0.261 e. The molecule has 1 heterocycles. The van der Waals surface area contributed by atoms with Gasteiger partial charge in [0, 0.05) is 10.2 Å². The molecule has 156 valence electrons. The maximum absolute atomic E-state index is 12.8. The van der Waals surface area contributed by atoms with Crippen LogP contribution in [-0.2, 0) is 5.75 Å². The van der Waals surface area contributed by atoms with Gasteiger partial charge in [0.1, 0.15) is 11.6 Å². The number of aromatic nitrogens is 3. The third-order valence-corrected chi connectivity index (χ3v) is 5.79. The van der Waals surface area contributed by atoms with E-state index in [1.165, 1.54) is 24.4 Å². The summed E-state index contributed by atoms with van der Waals surface area (Å²) in [5.41, 5.74) is 5.37. The molecule has 0 bridgehead atoms. The van der Waals surface area contributed by atoms with E-state index in [2.05, 4.69) is 36.9 Å². The van der Waals surface area contributed by atoms with Gasteiger partial charge < -0.3 is 4.74 Å². The van der Waals surface area contributed by atoms with Gasteiger partial charge in [0.15, 0.2) is 5.11 Å². The van der Waals surface area contributed by atoms with Crippen LogP contribution in [0.1, 0.15) is 27.3 Å². The van der Waals surface area contributed by atoms with Gasteiger partial charge in [-0.15, -0.1) is 10.2 Å². The lowest BCUT2D eigenvalue weighted by atomic mass is 10.1. The van der Waals surface area contributed by atoms with E-state index in [4.69, 9.17) is 17.0 Å². The van der Waals surface area contributed by atoms with Crippen LogP contribution in [0.5, 0.6) is 5.75 Å². The second-order valence-electron chi connectivity index (χ2n) is 6.34. The minimum atomic E-state index is -0.377. The van der Waals surface area contributed by atoms with Crippen molar-refractivity contribution in [1.29, 1.82) is 0 Å². The average Bonchev–Trinajstić information content (AvgIpc) is 3.06. The zero-order chi connectivity index (χ0) is 21.7. The van der Waals surface area contributed by atoms with Crippen molar-refractivity contribution in [3.63, 3.8) is 0 Å². The minimum absolute atomic E-state index is 0.129. The van der Waals surface area contributed by atoms with E-state index in [1.54, 1.807) is 17.7 Å². The first-order chi connectivity index (χ1) is 14.4. The number of nitrogens with one attached hydrogen (secondary N) is 2. The molecular weight excluding hydrogens is 486 g/mol. The number of ether oxygens (including phenoxy) is 1. The van der Waals surface area contributed by atoms with Gasteiger partial charge in [0.25, 0.3) is 5.91 Å². The maximum Gasteiger partial charge on any atom is 0.261 e. The summed E-state index contributed by atoms with van der Waals surface area (Å²) in [6, 6.07) is 13.6. The monoisotopic (exact) mass is 505 g/mol. The zero-order valence-electron chi connectivity index (χ0n) is 16.6. The highest BCUT2D eigenvalue weighted by atomic mass is 79.9. The van der Waals surface area contributed by atoms with Gasteiger partial charge in [-0.05, 0) is 49.3 Å². The molecule has 0 saturated heterocycles. The molecule has 3 rings (SSSR count). The number of nitrogens with zero attached hydrogens (tertiary/aromatic N) is 3. The van der Waals surface area contributed by atoms with Crippen LogP contribution in [0.15, 0.2) is 52.1 Å². The first kappa shape index (κ1) is 22.3. The molecule has 10 heteroatoms. The lowest BCUT2D eigenvalue weighted by Crippen LogP contribution is -2.38. The molecule has 0 spiro atoms. The number of hydrogen-bond donors (Lipinski definition) is 2. The predicted molar refractivity (Wildman–Crippen MR) is 126 cm³/mol. The van der Waals surface area contributed by atoms with Gasteiger partial charge in [0.2, 0.25) is 5.16 Å². The fourth-order valence-electron chi connectivity index (χ4n) is 2.76. The number of amides is 1. The number of benzene rings is 2. The summed E-state index contributed by atoms with van der Waals surface area (Å²) in [6.45, 7) is 3.67. The van der Waals surface area contributed by atoms with E-state index in [9.17, 15) is 4.79 Å². The van der Waals surface area contributed by atoms with Crippen LogP contribution in [-0.4, -0.2) is 33.0 Å². The number of hydrogen-bond acceptors (Lipinski definition) is 6. The van der Waals surface area contributed by atoms with E-state index >= 15 is 0 Å². The molecule has 0 atom stereocenters. The van der Waals surface area contributed by atoms with E-state index in [1.807, 2.05) is 43.3 Å². The highest BCUT2D eigenvalue weighted by Crippen LogP contribution is 2.27. The van der Waals surface area contributed by atoms with Crippen molar-refractivity contribution < 1.29 is 9.53 Å². The number of aryl methyl sites for hydroxylation is 2. The van der Waals surface area contributed by atoms with Crippen LogP contribution in [0.3, 0.4) is 0 Å². The summed E-state index contributed by atoms with van der Waals surface area (Å²) >= 11 is 10.3. The zero-order valence-corrected chi connectivity index (χ0v) is 19.8. The quantitative estimate of drug-likeness (QED) is 0.383. The Morgan fingerprint density at radius 1 is 1.23 bits per heavy atom. The second kappa shape index (κ2) is 10.1. The lowest BCUT2D eigenvalue weighted by molar-refractivity contribution is 0.0974. The van der Waals surface area contributed by atoms with Crippen LogP contribution < -0.4 is 15.5 Å². The molecule has 7 nitrogen and oxygen atoms in total. The first-order valence-electron chi connectivity index (χ1n) is 8.94. The number of thiocarbonyl (C=S) groups is 1. The molecule has 0 radical (unpaired) electrons.